The van der Waals surface area contributed by atoms with E-state index in [2.05, 4.69) is 0 Å². The van der Waals surface area contributed by atoms with Crippen LogP contribution >= 0.6 is 0 Å². The van der Waals surface area contributed by atoms with Crippen LogP contribution < -0.4 is 4.74 Å². The lowest BCUT2D eigenvalue weighted by atomic mass is 10.0. The second-order valence-corrected chi connectivity index (χ2v) is 3.17. The second kappa shape index (κ2) is 4.10. The molecule has 0 aliphatic heterocycles. The van der Waals surface area contributed by atoms with E-state index in [0.717, 1.165) is 0 Å². The zero-order valence-electron chi connectivity index (χ0n) is 8.64. The van der Waals surface area contributed by atoms with Crippen molar-refractivity contribution in [1.82, 2.24) is 0 Å². The maximum Gasteiger partial charge on any atom is 0.340 e. The molecule has 1 heterocycles. The van der Waals surface area contributed by atoms with E-state index in [1.807, 2.05) is 0 Å². The average Bonchev–Trinajstić information content (AvgIpc) is 2.81. The number of rotatable bonds is 3. The summed E-state index contributed by atoms with van der Waals surface area (Å²) in [7, 11) is 1.44. The molecule has 0 saturated heterocycles. The van der Waals surface area contributed by atoms with Crippen LogP contribution in [0.3, 0.4) is 0 Å². The van der Waals surface area contributed by atoms with Gasteiger partial charge in [0.25, 0.3) is 0 Å². The first-order valence-electron chi connectivity index (χ1n) is 4.68. The fourth-order valence-electron chi connectivity index (χ4n) is 1.56. The van der Waals surface area contributed by atoms with Gasteiger partial charge in [-0.15, -0.1) is 0 Å². The Labute approximate surface area is 92.1 Å². The van der Waals surface area contributed by atoms with Crippen molar-refractivity contribution in [3.63, 3.8) is 0 Å². The summed E-state index contributed by atoms with van der Waals surface area (Å²) >= 11 is 0. The van der Waals surface area contributed by atoms with E-state index >= 15 is 0 Å². The van der Waals surface area contributed by atoms with Gasteiger partial charge in [-0.25, -0.2) is 4.79 Å². The zero-order valence-corrected chi connectivity index (χ0v) is 8.64. The molecule has 4 nitrogen and oxygen atoms in total. The third-order valence-corrected chi connectivity index (χ3v) is 2.25. The largest absolute Gasteiger partial charge is 0.496 e. The summed E-state index contributed by atoms with van der Waals surface area (Å²) in [5.41, 5.74) is 0.622. The zero-order chi connectivity index (χ0) is 11.5. The topological polar surface area (TPSA) is 59.7 Å². The number of hydrogen-bond donors (Lipinski definition) is 1. The van der Waals surface area contributed by atoms with Gasteiger partial charge in [0.05, 0.1) is 13.4 Å². The van der Waals surface area contributed by atoms with Crippen molar-refractivity contribution in [1.29, 1.82) is 0 Å². The molecule has 2 aromatic rings. The number of carboxylic acid groups (broad SMARTS) is 1. The Bertz CT molecular complexity index is 500. The Hall–Kier alpha value is -2.23. The minimum absolute atomic E-state index is 0.111. The quantitative estimate of drug-likeness (QED) is 0.860. The molecular weight excluding hydrogens is 208 g/mol. The molecule has 0 amide bonds. The fraction of sp³-hybridized carbons (Fsp3) is 0.0833. The van der Waals surface area contributed by atoms with Crippen LogP contribution in [0.1, 0.15) is 10.4 Å². The van der Waals surface area contributed by atoms with Gasteiger partial charge in [0.1, 0.15) is 17.1 Å². The number of ether oxygens (including phenoxy) is 1. The van der Waals surface area contributed by atoms with E-state index in [-0.39, 0.29) is 5.56 Å². The van der Waals surface area contributed by atoms with Gasteiger partial charge < -0.3 is 14.3 Å². The number of aromatic carboxylic acids is 1. The minimum atomic E-state index is -1.04. The molecule has 0 aliphatic rings. The molecule has 0 atom stereocenters. The highest BCUT2D eigenvalue weighted by Crippen LogP contribution is 2.30. The second-order valence-electron chi connectivity index (χ2n) is 3.17. The first kappa shape index (κ1) is 10.3. The first-order valence-corrected chi connectivity index (χ1v) is 4.68. The Morgan fingerprint density at radius 2 is 2.12 bits per heavy atom. The van der Waals surface area contributed by atoms with Crippen molar-refractivity contribution < 1.29 is 19.1 Å². The summed E-state index contributed by atoms with van der Waals surface area (Å²) in [5.74, 6) is -0.207. The van der Waals surface area contributed by atoms with Crippen molar-refractivity contribution in [2.45, 2.75) is 0 Å². The van der Waals surface area contributed by atoms with Crippen LogP contribution in [0.15, 0.2) is 41.0 Å². The fourth-order valence-corrected chi connectivity index (χ4v) is 1.56. The first-order chi connectivity index (χ1) is 7.74. The predicted molar refractivity (Wildman–Crippen MR) is 57.7 cm³/mol. The van der Waals surface area contributed by atoms with Crippen molar-refractivity contribution in [3.05, 3.63) is 42.2 Å². The lowest BCUT2D eigenvalue weighted by Gasteiger charge is -2.08. The van der Waals surface area contributed by atoms with E-state index in [4.69, 9.17) is 14.3 Å². The SMILES string of the molecule is COc1cccc(-c2ccco2)c1C(=O)O. The van der Waals surface area contributed by atoms with Gasteiger partial charge in [-0.1, -0.05) is 12.1 Å². The van der Waals surface area contributed by atoms with Crippen LogP contribution in [0.2, 0.25) is 0 Å². The number of carboxylic acids is 1. The molecule has 4 heteroatoms. The molecule has 0 radical (unpaired) electrons. The summed E-state index contributed by atoms with van der Waals surface area (Å²) in [6, 6.07) is 8.44. The number of methoxy groups -OCH3 is 1. The molecule has 0 bridgehead atoms. The standard InChI is InChI=1S/C12H10O4/c1-15-10-5-2-4-8(11(10)12(13)14)9-6-3-7-16-9/h2-7H,1H3,(H,13,14). The predicted octanol–water partition coefficient (Wildman–Crippen LogP) is 2.65. The molecular formula is C12H10O4. The van der Waals surface area contributed by atoms with E-state index in [1.54, 1.807) is 30.3 Å². The maximum atomic E-state index is 11.2. The summed E-state index contributed by atoms with van der Waals surface area (Å²) in [6.45, 7) is 0. The molecule has 82 valence electrons. The Morgan fingerprint density at radius 3 is 2.69 bits per heavy atom. The molecule has 0 saturated carbocycles. The lowest BCUT2D eigenvalue weighted by Crippen LogP contribution is -2.02. The maximum absolute atomic E-state index is 11.2. The van der Waals surface area contributed by atoms with Crippen molar-refractivity contribution >= 4 is 5.97 Å². The smallest absolute Gasteiger partial charge is 0.340 e. The summed E-state index contributed by atoms with van der Waals surface area (Å²) in [4.78, 5) is 11.2. The highest BCUT2D eigenvalue weighted by atomic mass is 16.5. The normalized spacial score (nSPS) is 10.1. The van der Waals surface area contributed by atoms with E-state index < -0.39 is 5.97 Å². The van der Waals surface area contributed by atoms with Crippen LogP contribution in [-0.4, -0.2) is 18.2 Å². The van der Waals surface area contributed by atoms with Crippen molar-refractivity contribution in [2.24, 2.45) is 0 Å². The van der Waals surface area contributed by atoms with Crippen LogP contribution in [0.25, 0.3) is 11.3 Å². The minimum Gasteiger partial charge on any atom is -0.496 e. The molecule has 0 fully saturated rings. The highest BCUT2D eigenvalue weighted by molar-refractivity contribution is 5.98. The molecule has 0 unspecified atom stereocenters. The van der Waals surface area contributed by atoms with Crippen LogP contribution in [-0.2, 0) is 0 Å². The average molecular weight is 218 g/mol. The molecule has 1 aromatic carbocycles. The molecule has 0 aliphatic carbocycles. The van der Waals surface area contributed by atoms with Gasteiger partial charge in [0.2, 0.25) is 0 Å². The van der Waals surface area contributed by atoms with E-state index in [1.165, 1.54) is 13.4 Å². The summed E-state index contributed by atoms with van der Waals surface area (Å²) in [5, 5.41) is 9.15. The van der Waals surface area contributed by atoms with Gasteiger partial charge in [-0.3, -0.25) is 0 Å². The Morgan fingerprint density at radius 1 is 1.31 bits per heavy atom. The summed E-state index contributed by atoms with van der Waals surface area (Å²) in [6.07, 6.45) is 1.50. The van der Waals surface area contributed by atoms with E-state index in [0.29, 0.717) is 17.1 Å². The third kappa shape index (κ3) is 1.65. The van der Waals surface area contributed by atoms with Crippen LogP contribution in [0.5, 0.6) is 5.75 Å². The van der Waals surface area contributed by atoms with Crippen molar-refractivity contribution in [3.8, 4) is 17.1 Å². The lowest BCUT2D eigenvalue weighted by molar-refractivity contribution is 0.0694. The highest BCUT2D eigenvalue weighted by Gasteiger charge is 2.18. The number of hydrogen-bond acceptors (Lipinski definition) is 3. The molecule has 16 heavy (non-hydrogen) atoms. The number of benzene rings is 1. The molecule has 0 spiro atoms. The van der Waals surface area contributed by atoms with Gasteiger partial charge in [0, 0.05) is 5.56 Å². The summed E-state index contributed by atoms with van der Waals surface area (Å²) < 4.78 is 10.2. The van der Waals surface area contributed by atoms with Crippen molar-refractivity contribution in [2.75, 3.05) is 7.11 Å². The molecule has 1 aromatic heterocycles. The number of carbonyl (C=O) groups is 1. The monoisotopic (exact) mass is 218 g/mol. The van der Waals surface area contributed by atoms with Gasteiger partial charge >= 0.3 is 5.97 Å². The Balaban J connectivity index is 2.65. The van der Waals surface area contributed by atoms with Gasteiger partial charge in [-0.05, 0) is 18.2 Å². The van der Waals surface area contributed by atoms with E-state index in [9.17, 15) is 4.79 Å². The third-order valence-electron chi connectivity index (χ3n) is 2.25. The van der Waals surface area contributed by atoms with Gasteiger partial charge in [0.15, 0.2) is 0 Å². The molecule has 1 N–H and O–H groups in total. The van der Waals surface area contributed by atoms with Crippen LogP contribution in [0, 0.1) is 0 Å². The Kier molecular flexibility index (Phi) is 2.64. The van der Waals surface area contributed by atoms with Gasteiger partial charge in [-0.2, -0.15) is 0 Å². The molecule has 2 rings (SSSR count). The van der Waals surface area contributed by atoms with Crippen LogP contribution in [0.4, 0.5) is 0 Å². The number of furan rings is 1.